The molecule has 202 valence electrons. The molecule has 1 atom stereocenters. The largest absolute Gasteiger partial charge is 0.494 e. The lowest BCUT2D eigenvalue weighted by Crippen LogP contribution is -2.33. The van der Waals surface area contributed by atoms with Crippen LogP contribution in [0.2, 0.25) is 0 Å². The summed E-state index contributed by atoms with van der Waals surface area (Å²) in [6.07, 6.45) is 1.70. The zero-order chi connectivity index (χ0) is 27.2. The molecule has 0 bridgehead atoms. The fourth-order valence-corrected chi connectivity index (χ4v) is 4.69. The second-order valence-electron chi connectivity index (χ2n) is 9.56. The van der Waals surface area contributed by atoms with Crippen molar-refractivity contribution in [3.8, 4) is 11.5 Å². The van der Waals surface area contributed by atoms with Gasteiger partial charge in [-0.25, -0.2) is 9.37 Å². The van der Waals surface area contributed by atoms with E-state index in [2.05, 4.69) is 4.90 Å². The molecule has 2 aromatic carbocycles. The number of benzene rings is 2. The Morgan fingerprint density at radius 1 is 1.24 bits per heavy atom. The molecule has 0 spiro atoms. The molecule has 1 aliphatic heterocycles. The molecule has 0 saturated carbocycles. The Bertz CT molecular complexity index is 1250. The lowest BCUT2D eigenvalue weighted by Gasteiger charge is -2.28. The summed E-state index contributed by atoms with van der Waals surface area (Å²) in [6, 6.07) is 16.1. The second kappa shape index (κ2) is 12.1. The number of aromatic nitrogens is 1. The third-order valence-electron chi connectivity index (χ3n) is 6.44. The van der Waals surface area contributed by atoms with Crippen molar-refractivity contribution in [2.24, 2.45) is 5.73 Å². The fourth-order valence-electron chi connectivity index (χ4n) is 4.69. The van der Waals surface area contributed by atoms with Gasteiger partial charge in [0.25, 0.3) is 0 Å². The Kier molecular flexibility index (Phi) is 8.68. The highest BCUT2D eigenvalue weighted by Crippen LogP contribution is 2.38. The molecular weight excluding hydrogens is 485 g/mol. The molecule has 0 unspecified atom stereocenters. The van der Waals surface area contributed by atoms with Crippen molar-refractivity contribution in [3.63, 3.8) is 0 Å². The summed E-state index contributed by atoms with van der Waals surface area (Å²) in [7, 11) is 0. The van der Waals surface area contributed by atoms with Crippen LogP contribution < -0.4 is 25.0 Å². The van der Waals surface area contributed by atoms with Crippen LogP contribution in [0.15, 0.2) is 54.6 Å². The highest BCUT2D eigenvalue weighted by molar-refractivity contribution is 5.95. The first-order valence-corrected chi connectivity index (χ1v) is 13.0. The third-order valence-corrected chi connectivity index (χ3v) is 6.44. The molecule has 1 aromatic heterocycles. The molecular formula is C29H36FN5O3. The number of ether oxygens (including phenoxy) is 2. The van der Waals surface area contributed by atoms with Crippen molar-refractivity contribution < 1.29 is 19.0 Å². The monoisotopic (exact) mass is 521 g/mol. The number of halogens is 1. The maximum absolute atomic E-state index is 16.0. The van der Waals surface area contributed by atoms with Crippen molar-refractivity contribution in [2.45, 2.75) is 52.3 Å². The number of rotatable bonds is 11. The Balaban J connectivity index is 1.79. The first kappa shape index (κ1) is 27.2. The van der Waals surface area contributed by atoms with Crippen molar-refractivity contribution in [1.82, 2.24) is 4.98 Å². The summed E-state index contributed by atoms with van der Waals surface area (Å²) in [5, 5.41) is 17.5. The van der Waals surface area contributed by atoms with E-state index in [1.165, 1.54) is 0 Å². The van der Waals surface area contributed by atoms with Gasteiger partial charge >= 0.3 is 0 Å². The summed E-state index contributed by atoms with van der Waals surface area (Å²) in [5.74, 6) is 0.844. The smallest absolute Gasteiger partial charge is 0.188 e. The second-order valence-corrected chi connectivity index (χ2v) is 9.56. The summed E-state index contributed by atoms with van der Waals surface area (Å²) < 4.78 is 27.5. The van der Waals surface area contributed by atoms with Crippen LogP contribution >= 0.6 is 0 Å². The van der Waals surface area contributed by atoms with Crippen LogP contribution in [0.25, 0.3) is 0 Å². The normalized spacial score (nSPS) is 15.1. The first-order valence-electron chi connectivity index (χ1n) is 13.0. The van der Waals surface area contributed by atoms with Gasteiger partial charge in [0, 0.05) is 29.9 Å². The highest BCUT2D eigenvalue weighted by Gasteiger charge is 2.26. The predicted octanol–water partition coefficient (Wildman–Crippen LogP) is 4.99. The van der Waals surface area contributed by atoms with Gasteiger partial charge in [-0.05, 0) is 70.0 Å². The Labute approximate surface area is 223 Å². The number of aliphatic hydroxyl groups is 1. The molecule has 1 saturated heterocycles. The van der Waals surface area contributed by atoms with Crippen LogP contribution in [-0.2, 0) is 6.54 Å². The van der Waals surface area contributed by atoms with E-state index in [-0.39, 0.29) is 42.6 Å². The van der Waals surface area contributed by atoms with E-state index in [9.17, 15) is 5.11 Å². The summed E-state index contributed by atoms with van der Waals surface area (Å²) in [6.45, 7) is 7.16. The first-order chi connectivity index (χ1) is 18.3. The van der Waals surface area contributed by atoms with Gasteiger partial charge in [0.2, 0.25) is 0 Å². The molecule has 1 aliphatic rings. The minimum atomic E-state index is -0.506. The van der Waals surface area contributed by atoms with Gasteiger partial charge in [0.1, 0.15) is 17.4 Å². The maximum atomic E-state index is 16.0. The molecule has 1 fully saturated rings. The third kappa shape index (κ3) is 6.16. The minimum absolute atomic E-state index is 0.0429. The number of nitrogens with one attached hydrogen (secondary N) is 1. The maximum Gasteiger partial charge on any atom is 0.188 e. The van der Waals surface area contributed by atoms with E-state index in [4.69, 9.17) is 25.6 Å². The molecule has 9 heteroatoms. The van der Waals surface area contributed by atoms with Gasteiger partial charge in [0.15, 0.2) is 11.6 Å². The predicted molar refractivity (Wildman–Crippen MR) is 148 cm³/mol. The zero-order valence-electron chi connectivity index (χ0n) is 22.2. The number of anilines is 3. The number of nitrogens with zero attached hydrogens (tertiary/aromatic N) is 3. The van der Waals surface area contributed by atoms with Gasteiger partial charge in [0.05, 0.1) is 43.3 Å². The average molecular weight is 522 g/mol. The number of hydrogen-bond acceptors (Lipinski definition) is 7. The van der Waals surface area contributed by atoms with E-state index >= 15 is 4.39 Å². The van der Waals surface area contributed by atoms with Gasteiger partial charge in [-0.15, -0.1) is 0 Å². The topological polar surface area (TPSA) is 108 Å². The van der Waals surface area contributed by atoms with Gasteiger partial charge in [-0.2, -0.15) is 0 Å². The van der Waals surface area contributed by atoms with Gasteiger partial charge < -0.3 is 30.1 Å². The van der Waals surface area contributed by atoms with Crippen LogP contribution in [0.4, 0.5) is 21.6 Å². The van der Waals surface area contributed by atoms with Crippen molar-refractivity contribution >= 4 is 23.0 Å². The number of aliphatic hydroxyl groups excluding tert-OH is 1. The molecule has 0 aliphatic carbocycles. The van der Waals surface area contributed by atoms with Gasteiger partial charge in [-0.3, -0.25) is 5.41 Å². The molecule has 2 heterocycles. The molecule has 3 aromatic rings. The van der Waals surface area contributed by atoms with Crippen LogP contribution in [0.1, 0.15) is 44.9 Å². The molecule has 4 N–H and O–H groups in total. The van der Waals surface area contributed by atoms with E-state index < -0.39 is 5.82 Å². The van der Waals surface area contributed by atoms with E-state index in [0.717, 1.165) is 30.9 Å². The van der Waals surface area contributed by atoms with Crippen molar-refractivity contribution in [3.05, 3.63) is 71.7 Å². The summed E-state index contributed by atoms with van der Waals surface area (Å²) in [4.78, 5) is 8.82. The lowest BCUT2D eigenvalue weighted by atomic mass is 10.1. The molecule has 0 amide bonds. The van der Waals surface area contributed by atoms with Crippen LogP contribution in [0.3, 0.4) is 0 Å². The molecule has 0 radical (unpaired) electrons. The SMILES string of the molecule is CCOc1cc(OC(C)C)c(F)c(N(Cc2cccc(N3CCC[C@@H]3CO)n2)c2ccc(C(=N)N)cc2)c1. The average Bonchev–Trinajstić information content (AvgIpc) is 3.38. The Morgan fingerprint density at radius 2 is 2.00 bits per heavy atom. The number of pyridine rings is 1. The quantitative estimate of drug-likeness (QED) is 0.241. The minimum Gasteiger partial charge on any atom is -0.494 e. The lowest BCUT2D eigenvalue weighted by molar-refractivity contribution is 0.229. The van der Waals surface area contributed by atoms with Crippen molar-refractivity contribution in [1.29, 1.82) is 5.41 Å². The van der Waals surface area contributed by atoms with E-state index in [1.807, 2.05) is 43.9 Å². The number of amidine groups is 1. The zero-order valence-corrected chi connectivity index (χ0v) is 22.2. The van der Waals surface area contributed by atoms with Gasteiger partial charge in [-0.1, -0.05) is 6.07 Å². The van der Waals surface area contributed by atoms with E-state index in [0.29, 0.717) is 23.6 Å². The summed E-state index contributed by atoms with van der Waals surface area (Å²) >= 11 is 0. The number of nitrogen functional groups attached to an aromatic ring is 1. The van der Waals surface area contributed by atoms with Crippen LogP contribution in [-0.4, -0.2) is 47.8 Å². The molecule has 8 nitrogen and oxygen atoms in total. The fraction of sp³-hybridized carbons (Fsp3) is 0.379. The number of nitrogens with two attached hydrogens (primary N) is 1. The number of hydrogen-bond donors (Lipinski definition) is 3. The molecule has 4 rings (SSSR count). The summed E-state index contributed by atoms with van der Waals surface area (Å²) in [5.41, 5.74) is 7.94. The van der Waals surface area contributed by atoms with Crippen molar-refractivity contribution in [2.75, 3.05) is 29.6 Å². The highest BCUT2D eigenvalue weighted by atomic mass is 19.1. The van der Waals surface area contributed by atoms with E-state index in [1.54, 1.807) is 36.4 Å². The Morgan fingerprint density at radius 3 is 2.66 bits per heavy atom. The van der Waals surface area contributed by atoms with Crippen LogP contribution in [0, 0.1) is 11.2 Å². The molecule has 38 heavy (non-hydrogen) atoms. The van der Waals surface area contributed by atoms with Crippen LogP contribution in [0.5, 0.6) is 11.5 Å². The Hall–Kier alpha value is -3.85. The standard InChI is InChI=1S/C29H36FN5O3/c1-4-37-24-15-25(28(30)26(16-24)38-19(2)3)35(22-12-10-20(11-13-22)29(31)32)17-21-7-5-9-27(33-21)34-14-6-8-23(34)18-36/h5,7,9-13,15-16,19,23,36H,4,6,8,14,17-18H2,1-3H3,(H3,31,32)/t23-/m1/s1.